The summed E-state index contributed by atoms with van der Waals surface area (Å²) >= 11 is 0. The Bertz CT molecular complexity index is 679. The van der Waals surface area contributed by atoms with E-state index in [-0.39, 0.29) is 11.6 Å². The molecule has 2 aromatic carbocycles. The summed E-state index contributed by atoms with van der Waals surface area (Å²) in [6.07, 6.45) is 0. The summed E-state index contributed by atoms with van der Waals surface area (Å²) in [6.45, 7) is 2.52. The van der Waals surface area contributed by atoms with E-state index >= 15 is 0 Å². The molecule has 3 nitrogen and oxygen atoms in total. The lowest BCUT2D eigenvalue weighted by atomic mass is 10.00. The van der Waals surface area contributed by atoms with Gasteiger partial charge >= 0.3 is 0 Å². The fourth-order valence-corrected chi connectivity index (χ4v) is 2.19. The molecule has 0 spiro atoms. The van der Waals surface area contributed by atoms with Gasteiger partial charge < -0.3 is 9.47 Å². The monoisotopic (exact) mass is 272 g/mol. The van der Waals surface area contributed by atoms with Crippen LogP contribution in [0, 0.1) is 12.7 Å². The number of aryl methyl sites for hydroxylation is 1. The molecule has 4 heteroatoms. The second-order valence-corrected chi connectivity index (χ2v) is 4.62. The normalized spacial score (nSPS) is 13.1. The van der Waals surface area contributed by atoms with Crippen molar-refractivity contribution in [3.8, 4) is 11.5 Å². The summed E-state index contributed by atoms with van der Waals surface area (Å²) in [7, 11) is 0. The molecule has 0 unspecified atom stereocenters. The smallest absolute Gasteiger partial charge is 0.196 e. The highest BCUT2D eigenvalue weighted by Gasteiger charge is 2.21. The Hall–Kier alpha value is -2.36. The van der Waals surface area contributed by atoms with Crippen LogP contribution in [0.15, 0.2) is 36.4 Å². The SMILES string of the molecule is Cc1cc(C(=O)c2cccc3c2OCCO3)ccc1F. The lowest BCUT2D eigenvalue weighted by Crippen LogP contribution is -2.18. The number of hydrogen-bond acceptors (Lipinski definition) is 3. The van der Waals surface area contributed by atoms with Crippen molar-refractivity contribution in [1.29, 1.82) is 0 Å². The van der Waals surface area contributed by atoms with Crippen molar-refractivity contribution >= 4 is 5.78 Å². The fourth-order valence-electron chi connectivity index (χ4n) is 2.19. The Balaban J connectivity index is 2.04. The molecule has 0 saturated carbocycles. The molecule has 0 amide bonds. The summed E-state index contributed by atoms with van der Waals surface area (Å²) in [5.41, 5.74) is 1.32. The summed E-state index contributed by atoms with van der Waals surface area (Å²) in [5.74, 6) is 0.512. The van der Waals surface area contributed by atoms with E-state index in [2.05, 4.69) is 0 Å². The number of ketones is 1. The van der Waals surface area contributed by atoms with Crippen molar-refractivity contribution in [2.75, 3.05) is 13.2 Å². The first-order valence-corrected chi connectivity index (χ1v) is 6.36. The van der Waals surface area contributed by atoms with Gasteiger partial charge in [0.25, 0.3) is 0 Å². The molecular weight excluding hydrogens is 259 g/mol. The second-order valence-electron chi connectivity index (χ2n) is 4.62. The van der Waals surface area contributed by atoms with Crippen molar-refractivity contribution in [3.05, 3.63) is 58.9 Å². The maximum Gasteiger partial charge on any atom is 0.196 e. The molecule has 2 aromatic rings. The molecule has 0 bridgehead atoms. The third-order valence-electron chi connectivity index (χ3n) is 3.23. The van der Waals surface area contributed by atoms with E-state index in [1.54, 1.807) is 31.2 Å². The minimum absolute atomic E-state index is 0.199. The molecule has 1 heterocycles. The molecule has 0 saturated heterocycles. The van der Waals surface area contributed by atoms with E-state index in [4.69, 9.17) is 9.47 Å². The van der Waals surface area contributed by atoms with Gasteiger partial charge in [-0.05, 0) is 42.8 Å². The predicted molar refractivity (Wildman–Crippen MR) is 72.0 cm³/mol. The van der Waals surface area contributed by atoms with Crippen LogP contribution >= 0.6 is 0 Å². The number of carbonyl (C=O) groups excluding carboxylic acids is 1. The zero-order valence-electron chi connectivity index (χ0n) is 11.0. The number of para-hydroxylation sites is 1. The lowest BCUT2D eigenvalue weighted by Gasteiger charge is -2.20. The third-order valence-corrected chi connectivity index (χ3v) is 3.23. The van der Waals surface area contributed by atoms with Gasteiger partial charge in [-0.3, -0.25) is 4.79 Å². The molecule has 0 atom stereocenters. The van der Waals surface area contributed by atoms with Crippen LogP contribution in [-0.4, -0.2) is 19.0 Å². The molecule has 0 fully saturated rings. The Labute approximate surface area is 115 Å². The van der Waals surface area contributed by atoms with Crippen molar-refractivity contribution in [1.82, 2.24) is 0 Å². The highest BCUT2D eigenvalue weighted by Crippen LogP contribution is 2.34. The number of ether oxygens (including phenoxy) is 2. The van der Waals surface area contributed by atoms with Crippen LogP contribution in [0.5, 0.6) is 11.5 Å². The first-order chi connectivity index (χ1) is 9.66. The molecule has 0 N–H and O–H groups in total. The number of benzene rings is 2. The molecule has 3 rings (SSSR count). The molecule has 0 aromatic heterocycles. The van der Waals surface area contributed by atoms with Gasteiger partial charge in [-0.15, -0.1) is 0 Å². The Morgan fingerprint density at radius 2 is 1.95 bits per heavy atom. The zero-order valence-corrected chi connectivity index (χ0v) is 11.0. The van der Waals surface area contributed by atoms with E-state index in [0.717, 1.165) is 0 Å². The first kappa shape index (κ1) is 12.7. The van der Waals surface area contributed by atoms with Gasteiger partial charge in [0, 0.05) is 5.56 Å². The van der Waals surface area contributed by atoms with Gasteiger partial charge in [0.1, 0.15) is 19.0 Å². The van der Waals surface area contributed by atoms with E-state index < -0.39 is 0 Å². The number of fused-ring (bicyclic) bond motifs is 1. The predicted octanol–water partition coefficient (Wildman–Crippen LogP) is 3.14. The van der Waals surface area contributed by atoms with Gasteiger partial charge in [-0.25, -0.2) is 4.39 Å². The van der Waals surface area contributed by atoms with E-state index in [1.165, 1.54) is 12.1 Å². The number of rotatable bonds is 2. The maximum absolute atomic E-state index is 13.3. The van der Waals surface area contributed by atoms with Crippen molar-refractivity contribution < 1.29 is 18.7 Å². The average Bonchev–Trinajstić information content (AvgIpc) is 2.49. The summed E-state index contributed by atoms with van der Waals surface area (Å²) in [4.78, 5) is 12.5. The Kier molecular flexibility index (Phi) is 3.14. The van der Waals surface area contributed by atoms with Gasteiger partial charge in [0.15, 0.2) is 17.3 Å². The summed E-state index contributed by atoms with van der Waals surface area (Å²) in [5, 5.41) is 0. The third kappa shape index (κ3) is 2.13. The topological polar surface area (TPSA) is 35.5 Å². The molecule has 20 heavy (non-hydrogen) atoms. The highest BCUT2D eigenvalue weighted by molar-refractivity contribution is 6.11. The summed E-state index contributed by atoms with van der Waals surface area (Å²) < 4.78 is 24.3. The number of halogens is 1. The molecule has 0 aliphatic carbocycles. The Morgan fingerprint density at radius 1 is 1.15 bits per heavy atom. The van der Waals surface area contributed by atoms with Crippen LogP contribution < -0.4 is 9.47 Å². The number of hydrogen-bond donors (Lipinski definition) is 0. The fraction of sp³-hybridized carbons (Fsp3) is 0.188. The van der Waals surface area contributed by atoms with E-state index in [9.17, 15) is 9.18 Å². The van der Waals surface area contributed by atoms with Gasteiger partial charge in [-0.2, -0.15) is 0 Å². The van der Waals surface area contributed by atoms with Gasteiger partial charge in [-0.1, -0.05) is 6.07 Å². The van der Waals surface area contributed by atoms with Crippen LogP contribution in [0.4, 0.5) is 4.39 Å². The molecule has 1 aliphatic heterocycles. The quantitative estimate of drug-likeness (QED) is 0.788. The van der Waals surface area contributed by atoms with Crippen LogP contribution in [0.25, 0.3) is 0 Å². The van der Waals surface area contributed by atoms with Gasteiger partial charge in [0.05, 0.1) is 5.56 Å². The molecule has 102 valence electrons. The average molecular weight is 272 g/mol. The van der Waals surface area contributed by atoms with Crippen LogP contribution in [0.1, 0.15) is 21.5 Å². The largest absolute Gasteiger partial charge is 0.486 e. The van der Waals surface area contributed by atoms with Crippen molar-refractivity contribution in [3.63, 3.8) is 0 Å². The standard InChI is InChI=1S/C16H13FO3/c1-10-9-11(5-6-13(10)17)15(18)12-3-2-4-14-16(12)20-8-7-19-14/h2-6,9H,7-8H2,1H3. The van der Waals surface area contributed by atoms with Crippen molar-refractivity contribution in [2.45, 2.75) is 6.92 Å². The maximum atomic E-state index is 13.3. The number of carbonyl (C=O) groups is 1. The zero-order chi connectivity index (χ0) is 14.1. The molecule has 1 aliphatic rings. The van der Waals surface area contributed by atoms with E-state index in [0.29, 0.717) is 41.4 Å². The Morgan fingerprint density at radius 3 is 2.75 bits per heavy atom. The molecule has 0 radical (unpaired) electrons. The van der Waals surface area contributed by atoms with Crippen LogP contribution in [-0.2, 0) is 0 Å². The van der Waals surface area contributed by atoms with Crippen LogP contribution in [0.2, 0.25) is 0 Å². The first-order valence-electron chi connectivity index (χ1n) is 6.36. The van der Waals surface area contributed by atoms with Gasteiger partial charge in [0.2, 0.25) is 0 Å². The summed E-state index contributed by atoms with van der Waals surface area (Å²) in [6, 6.07) is 9.52. The lowest BCUT2D eigenvalue weighted by molar-refractivity contribution is 0.102. The second kappa shape index (κ2) is 4.96. The minimum atomic E-state index is -0.323. The highest BCUT2D eigenvalue weighted by atomic mass is 19.1. The minimum Gasteiger partial charge on any atom is -0.486 e. The van der Waals surface area contributed by atoms with Crippen LogP contribution in [0.3, 0.4) is 0 Å². The van der Waals surface area contributed by atoms with Crippen molar-refractivity contribution in [2.24, 2.45) is 0 Å². The van der Waals surface area contributed by atoms with E-state index in [1.807, 2.05) is 0 Å². The molecular formula is C16H13FO3.